The summed E-state index contributed by atoms with van der Waals surface area (Å²) in [5.74, 6) is -0.364. The van der Waals surface area contributed by atoms with Crippen LogP contribution in [0.1, 0.15) is 37.0 Å². The van der Waals surface area contributed by atoms with Crippen molar-refractivity contribution in [2.75, 3.05) is 19.7 Å². The van der Waals surface area contributed by atoms with Gasteiger partial charge >= 0.3 is 5.97 Å². The lowest BCUT2D eigenvalue weighted by molar-refractivity contribution is 0.0521. The van der Waals surface area contributed by atoms with Crippen LogP contribution in [-0.4, -0.2) is 48.6 Å². The molecule has 1 aliphatic heterocycles. The summed E-state index contributed by atoms with van der Waals surface area (Å²) in [6.45, 7) is 4.79. The first-order chi connectivity index (χ1) is 9.46. The number of esters is 1. The predicted molar refractivity (Wildman–Crippen MR) is 71.7 cm³/mol. The second-order valence-electron chi connectivity index (χ2n) is 4.94. The van der Waals surface area contributed by atoms with E-state index in [2.05, 4.69) is 10.2 Å². The van der Waals surface area contributed by atoms with Crippen molar-refractivity contribution in [2.24, 2.45) is 5.92 Å². The second-order valence-corrected chi connectivity index (χ2v) is 6.82. The van der Waals surface area contributed by atoms with Gasteiger partial charge in [0.25, 0.3) is 10.0 Å². The first kappa shape index (κ1) is 15.0. The van der Waals surface area contributed by atoms with E-state index in [0.717, 1.165) is 12.8 Å². The normalized spacial score (nSPS) is 20.8. The number of hydrogen-bond donors (Lipinski definition) is 1. The van der Waals surface area contributed by atoms with Crippen molar-refractivity contribution in [2.45, 2.75) is 31.7 Å². The van der Waals surface area contributed by atoms with Crippen LogP contribution in [0.2, 0.25) is 0 Å². The molecule has 0 unspecified atom stereocenters. The zero-order valence-electron chi connectivity index (χ0n) is 11.6. The monoisotopic (exact) mass is 301 g/mol. The van der Waals surface area contributed by atoms with Gasteiger partial charge in [0.15, 0.2) is 5.03 Å². The first-order valence-electron chi connectivity index (χ1n) is 6.67. The van der Waals surface area contributed by atoms with Crippen LogP contribution in [0.5, 0.6) is 0 Å². The summed E-state index contributed by atoms with van der Waals surface area (Å²) in [5.41, 5.74) is -0.0370. The number of H-pyrrole nitrogens is 1. The van der Waals surface area contributed by atoms with Gasteiger partial charge in [-0.3, -0.25) is 5.10 Å². The van der Waals surface area contributed by atoms with Gasteiger partial charge in [0.1, 0.15) is 5.56 Å². The molecule has 1 fully saturated rings. The molecule has 1 aromatic heterocycles. The second kappa shape index (κ2) is 5.92. The molecule has 1 N–H and O–H groups in total. The van der Waals surface area contributed by atoms with Crippen molar-refractivity contribution >= 4 is 16.0 Å². The average molecular weight is 301 g/mol. The molecule has 0 aromatic carbocycles. The molecule has 1 atom stereocenters. The Labute approximate surface area is 118 Å². The summed E-state index contributed by atoms with van der Waals surface area (Å²) < 4.78 is 31.4. The van der Waals surface area contributed by atoms with Crippen LogP contribution in [-0.2, 0) is 14.8 Å². The molecular formula is C12H19N3O4S. The third-order valence-electron chi connectivity index (χ3n) is 3.32. The zero-order chi connectivity index (χ0) is 14.8. The van der Waals surface area contributed by atoms with E-state index in [9.17, 15) is 13.2 Å². The van der Waals surface area contributed by atoms with Gasteiger partial charge < -0.3 is 4.74 Å². The molecule has 0 amide bonds. The van der Waals surface area contributed by atoms with Crippen LogP contribution in [0.3, 0.4) is 0 Å². The molecule has 8 heteroatoms. The number of piperidine rings is 1. The van der Waals surface area contributed by atoms with E-state index in [1.165, 1.54) is 10.5 Å². The molecule has 0 saturated carbocycles. The molecule has 1 aromatic rings. The van der Waals surface area contributed by atoms with E-state index in [-0.39, 0.29) is 17.2 Å². The Morgan fingerprint density at radius 2 is 2.35 bits per heavy atom. The minimum atomic E-state index is -3.73. The summed E-state index contributed by atoms with van der Waals surface area (Å²) in [4.78, 5) is 11.8. The smallest absolute Gasteiger partial charge is 0.342 e. The van der Waals surface area contributed by atoms with Crippen molar-refractivity contribution < 1.29 is 17.9 Å². The number of ether oxygens (including phenoxy) is 1. The Morgan fingerprint density at radius 1 is 1.60 bits per heavy atom. The number of carbonyl (C=O) groups is 1. The van der Waals surface area contributed by atoms with E-state index in [1.54, 1.807) is 6.92 Å². The lowest BCUT2D eigenvalue weighted by Crippen LogP contribution is -2.39. The molecule has 0 radical (unpaired) electrons. The number of aromatic amines is 1. The van der Waals surface area contributed by atoms with E-state index in [1.807, 2.05) is 6.92 Å². The fourth-order valence-electron chi connectivity index (χ4n) is 2.32. The maximum Gasteiger partial charge on any atom is 0.342 e. The maximum absolute atomic E-state index is 12.6. The highest BCUT2D eigenvalue weighted by molar-refractivity contribution is 7.89. The van der Waals surface area contributed by atoms with Crippen molar-refractivity contribution in [3.8, 4) is 0 Å². The summed E-state index contributed by atoms with van der Waals surface area (Å²) in [5, 5.41) is 5.92. The van der Waals surface area contributed by atoms with Crippen LogP contribution >= 0.6 is 0 Å². The van der Waals surface area contributed by atoms with Crippen LogP contribution in [0.25, 0.3) is 0 Å². The highest BCUT2D eigenvalue weighted by Crippen LogP contribution is 2.24. The Morgan fingerprint density at radius 3 is 3.00 bits per heavy atom. The molecule has 1 aliphatic rings. The number of aromatic nitrogens is 2. The molecular weight excluding hydrogens is 282 g/mol. The number of carbonyl (C=O) groups excluding carboxylic acids is 1. The van der Waals surface area contributed by atoms with Crippen molar-refractivity contribution in [1.82, 2.24) is 14.5 Å². The Hall–Kier alpha value is -1.41. The van der Waals surface area contributed by atoms with Crippen LogP contribution in [0.4, 0.5) is 0 Å². The topological polar surface area (TPSA) is 92.4 Å². The molecule has 2 heterocycles. The number of rotatable bonds is 4. The number of hydrogen-bond acceptors (Lipinski definition) is 5. The fourth-order valence-corrected chi connectivity index (χ4v) is 3.98. The Kier molecular flexibility index (Phi) is 4.44. The Bertz CT molecular complexity index is 581. The molecule has 0 spiro atoms. The van der Waals surface area contributed by atoms with Crippen molar-refractivity contribution in [3.05, 3.63) is 11.8 Å². The number of sulfonamides is 1. The third-order valence-corrected chi connectivity index (χ3v) is 5.16. The van der Waals surface area contributed by atoms with Crippen LogP contribution in [0, 0.1) is 5.92 Å². The van der Waals surface area contributed by atoms with Crippen LogP contribution < -0.4 is 0 Å². The quantitative estimate of drug-likeness (QED) is 0.838. The SMILES string of the molecule is CCOC(=O)c1cn[nH]c1S(=O)(=O)N1CCC[C@H](C)C1. The van der Waals surface area contributed by atoms with Gasteiger partial charge in [-0.15, -0.1) is 0 Å². The fraction of sp³-hybridized carbons (Fsp3) is 0.667. The number of nitrogens with one attached hydrogen (secondary N) is 1. The molecule has 1 saturated heterocycles. The summed E-state index contributed by atoms with van der Waals surface area (Å²) in [6.07, 6.45) is 3.03. The molecule has 112 valence electrons. The lowest BCUT2D eigenvalue weighted by Gasteiger charge is -2.29. The number of nitrogens with zero attached hydrogens (tertiary/aromatic N) is 2. The molecule has 20 heavy (non-hydrogen) atoms. The van der Waals surface area contributed by atoms with E-state index < -0.39 is 16.0 Å². The standard InChI is InChI=1S/C12H19N3O4S/c1-3-19-12(16)10-7-13-14-11(10)20(17,18)15-6-4-5-9(2)8-15/h7,9H,3-6,8H2,1-2H3,(H,13,14)/t9-/m0/s1. The third kappa shape index (κ3) is 2.85. The van der Waals surface area contributed by atoms with Crippen molar-refractivity contribution in [1.29, 1.82) is 0 Å². The minimum Gasteiger partial charge on any atom is -0.462 e. The molecule has 2 rings (SSSR count). The van der Waals surface area contributed by atoms with Gasteiger partial charge in [0, 0.05) is 13.1 Å². The van der Waals surface area contributed by atoms with Gasteiger partial charge in [0.05, 0.1) is 12.8 Å². The van der Waals surface area contributed by atoms with Crippen molar-refractivity contribution in [3.63, 3.8) is 0 Å². The molecule has 7 nitrogen and oxygen atoms in total. The van der Waals surface area contributed by atoms with E-state index >= 15 is 0 Å². The van der Waals surface area contributed by atoms with E-state index in [4.69, 9.17) is 4.74 Å². The molecule has 0 aliphatic carbocycles. The lowest BCUT2D eigenvalue weighted by atomic mass is 10.0. The Balaban J connectivity index is 2.30. The van der Waals surface area contributed by atoms with Gasteiger partial charge in [-0.2, -0.15) is 9.40 Å². The molecule has 0 bridgehead atoms. The van der Waals surface area contributed by atoms with Gasteiger partial charge in [-0.05, 0) is 25.7 Å². The summed E-state index contributed by atoms with van der Waals surface area (Å²) in [7, 11) is -3.73. The summed E-state index contributed by atoms with van der Waals surface area (Å²) in [6, 6.07) is 0. The van der Waals surface area contributed by atoms with Crippen LogP contribution in [0.15, 0.2) is 11.2 Å². The average Bonchev–Trinajstić information content (AvgIpc) is 2.89. The first-order valence-corrected chi connectivity index (χ1v) is 8.11. The summed E-state index contributed by atoms with van der Waals surface area (Å²) >= 11 is 0. The zero-order valence-corrected chi connectivity index (χ0v) is 12.4. The largest absolute Gasteiger partial charge is 0.462 e. The predicted octanol–water partition coefficient (Wildman–Crippen LogP) is 1.01. The van der Waals surface area contributed by atoms with Gasteiger partial charge in [0.2, 0.25) is 0 Å². The van der Waals surface area contributed by atoms with Gasteiger partial charge in [-0.1, -0.05) is 6.92 Å². The minimum absolute atomic E-state index is 0.0370. The van der Waals surface area contributed by atoms with E-state index in [0.29, 0.717) is 19.0 Å². The highest BCUT2D eigenvalue weighted by atomic mass is 32.2. The van der Waals surface area contributed by atoms with Gasteiger partial charge in [-0.25, -0.2) is 13.2 Å². The highest BCUT2D eigenvalue weighted by Gasteiger charge is 2.33. The maximum atomic E-state index is 12.6.